The first-order valence-corrected chi connectivity index (χ1v) is 6.88. The van der Waals surface area contributed by atoms with Crippen LogP contribution in [-0.4, -0.2) is 28.8 Å². The average Bonchev–Trinajstić information content (AvgIpc) is 2.65. The van der Waals surface area contributed by atoms with E-state index in [1.54, 1.807) is 11.8 Å². The topological polar surface area (TPSA) is 37.8 Å². The van der Waals surface area contributed by atoms with Crippen molar-refractivity contribution in [2.75, 3.05) is 23.9 Å². The Morgan fingerprint density at radius 3 is 2.62 bits per heavy atom. The second-order valence-corrected chi connectivity index (χ2v) is 5.00. The van der Waals surface area contributed by atoms with Crippen molar-refractivity contribution in [1.29, 1.82) is 0 Å². The molecule has 1 heterocycles. The summed E-state index contributed by atoms with van der Waals surface area (Å²) in [6, 6.07) is 0. The third-order valence-corrected chi connectivity index (χ3v) is 3.34. The van der Waals surface area contributed by atoms with Crippen LogP contribution in [0.1, 0.15) is 17.8 Å². The molecule has 3 nitrogen and oxygen atoms in total. The van der Waals surface area contributed by atoms with Crippen molar-refractivity contribution in [3.8, 4) is 0 Å². The monoisotopic (exact) mass is 271 g/mol. The van der Waals surface area contributed by atoms with E-state index in [1.807, 2.05) is 6.26 Å². The van der Waals surface area contributed by atoms with Gasteiger partial charge in [0.1, 0.15) is 0 Å². The maximum Gasteiger partial charge on any atom is 0.445 e. The first kappa shape index (κ1) is 13.6. The van der Waals surface area contributed by atoms with Crippen LogP contribution in [0.3, 0.4) is 0 Å². The molecule has 1 aromatic rings. The molecule has 0 unspecified atom stereocenters. The van der Waals surface area contributed by atoms with Crippen LogP contribution in [0.2, 0.25) is 0 Å². The quantitative estimate of drug-likeness (QED) is 0.807. The molecule has 0 radical (unpaired) electrons. The maximum absolute atomic E-state index is 12.2. The Morgan fingerprint density at radius 2 is 2.06 bits per heavy atom. The van der Waals surface area contributed by atoms with Gasteiger partial charge in [-0.2, -0.15) is 24.9 Å². The van der Waals surface area contributed by atoms with Crippen molar-refractivity contribution < 1.29 is 13.2 Å². The lowest BCUT2D eigenvalue weighted by molar-refractivity contribution is -0.138. The molecule has 0 amide bonds. The number of halogens is 3. The van der Waals surface area contributed by atoms with E-state index >= 15 is 0 Å². The minimum atomic E-state index is -4.39. The number of thioether (sulfide) groups is 1. The van der Waals surface area contributed by atoms with Gasteiger partial charge in [0.2, 0.25) is 10.1 Å². The van der Waals surface area contributed by atoms with Crippen molar-refractivity contribution in [2.45, 2.75) is 19.0 Å². The van der Waals surface area contributed by atoms with Crippen LogP contribution in [-0.2, 0) is 6.18 Å². The van der Waals surface area contributed by atoms with Crippen LogP contribution in [0, 0.1) is 0 Å². The number of hydrogen-bond donors (Lipinski definition) is 1. The number of unbranched alkanes of at least 4 members (excludes halogenated alkanes) is 1. The van der Waals surface area contributed by atoms with Gasteiger partial charge in [-0.15, -0.1) is 10.2 Å². The first-order chi connectivity index (χ1) is 7.54. The van der Waals surface area contributed by atoms with E-state index < -0.39 is 11.2 Å². The highest BCUT2D eigenvalue weighted by Crippen LogP contribution is 2.32. The van der Waals surface area contributed by atoms with Gasteiger partial charge >= 0.3 is 6.18 Å². The minimum Gasteiger partial charge on any atom is -0.360 e. The Balaban J connectivity index is 2.30. The summed E-state index contributed by atoms with van der Waals surface area (Å²) in [6.45, 7) is 0.632. The van der Waals surface area contributed by atoms with Crippen molar-refractivity contribution in [2.24, 2.45) is 0 Å². The Morgan fingerprint density at radius 1 is 1.31 bits per heavy atom. The van der Waals surface area contributed by atoms with E-state index in [9.17, 15) is 13.2 Å². The summed E-state index contributed by atoms with van der Waals surface area (Å²) < 4.78 is 36.5. The second kappa shape index (κ2) is 6.29. The molecule has 0 spiro atoms. The zero-order valence-electron chi connectivity index (χ0n) is 8.67. The molecular formula is C8H12F3N3S2. The fraction of sp³-hybridized carbons (Fsp3) is 0.750. The van der Waals surface area contributed by atoms with Crippen LogP contribution < -0.4 is 5.32 Å². The standard InChI is InChI=1S/C8H12F3N3S2/c1-15-5-3-2-4-12-7-14-13-6(16-7)8(9,10)11/h2-5H2,1H3,(H,12,14). The van der Waals surface area contributed by atoms with Crippen LogP contribution in [0.5, 0.6) is 0 Å². The van der Waals surface area contributed by atoms with E-state index in [0.29, 0.717) is 17.9 Å². The number of nitrogens with one attached hydrogen (secondary N) is 1. The third-order valence-electron chi connectivity index (χ3n) is 1.72. The summed E-state index contributed by atoms with van der Waals surface area (Å²) in [4.78, 5) is 0. The molecule has 0 bridgehead atoms. The summed E-state index contributed by atoms with van der Waals surface area (Å²) in [5.41, 5.74) is 0. The molecule has 0 aliphatic rings. The van der Waals surface area contributed by atoms with Gasteiger partial charge < -0.3 is 5.32 Å². The zero-order valence-corrected chi connectivity index (χ0v) is 10.3. The third kappa shape index (κ3) is 4.56. The van der Waals surface area contributed by atoms with Gasteiger partial charge in [-0.05, 0) is 24.9 Å². The fourth-order valence-electron chi connectivity index (χ4n) is 0.976. The van der Waals surface area contributed by atoms with Crippen LogP contribution in [0.25, 0.3) is 0 Å². The van der Waals surface area contributed by atoms with Gasteiger partial charge in [0, 0.05) is 6.54 Å². The highest BCUT2D eigenvalue weighted by atomic mass is 32.2. The van der Waals surface area contributed by atoms with E-state index in [1.165, 1.54) is 0 Å². The molecule has 0 atom stereocenters. The smallest absolute Gasteiger partial charge is 0.360 e. The van der Waals surface area contributed by atoms with E-state index in [4.69, 9.17) is 0 Å². The van der Waals surface area contributed by atoms with Gasteiger partial charge in [0.15, 0.2) is 0 Å². The molecule has 1 aromatic heterocycles. The normalized spacial score (nSPS) is 11.8. The Hall–Kier alpha value is -0.500. The maximum atomic E-state index is 12.2. The predicted octanol–water partition coefficient (Wildman–Crippen LogP) is 3.11. The van der Waals surface area contributed by atoms with Gasteiger partial charge in [-0.1, -0.05) is 11.3 Å². The molecule has 0 aromatic carbocycles. The number of anilines is 1. The second-order valence-electron chi connectivity index (χ2n) is 3.04. The zero-order chi connectivity index (χ0) is 12.0. The summed E-state index contributed by atoms with van der Waals surface area (Å²) in [5, 5.41) is 8.67. The van der Waals surface area contributed by atoms with E-state index in [2.05, 4.69) is 15.5 Å². The van der Waals surface area contributed by atoms with Crippen molar-refractivity contribution in [3.63, 3.8) is 0 Å². The molecule has 1 N–H and O–H groups in total. The average molecular weight is 271 g/mol. The lowest BCUT2D eigenvalue weighted by Gasteiger charge is -2.00. The molecular weight excluding hydrogens is 259 g/mol. The Labute approximate surface area is 99.8 Å². The number of alkyl halides is 3. The summed E-state index contributed by atoms with van der Waals surface area (Å²) in [6.07, 6.45) is -0.412. The van der Waals surface area contributed by atoms with Crippen molar-refractivity contribution in [3.05, 3.63) is 5.01 Å². The van der Waals surface area contributed by atoms with Gasteiger partial charge in [0.25, 0.3) is 0 Å². The molecule has 16 heavy (non-hydrogen) atoms. The number of aromatic nitrogens is 2. The van der Waals surface area contributed by atoms with Gasteiger partial charge in [0.05, 0.1) is 0 Å². The highest BCUT2D eigenvalue weighted by Gasteiger charge is 2.35. The minimum absolute atomic E-state index is 0.233. The van der Waals surface area contributed by atoms with Crippen LogP contribution in [0.4, 0.5) is 18.3 Å². The van der Waals surface area contributed by atoms with Crippen molar-refractivity contribution >= 4 is 28.2 Å². The molecule has 0 saturated carbocycles. The number of rotatable bonds is 6. The van der Waals surface area contributed by atoms with E-state index in [-0.39, 0.29) is 5.13 Å². The van der Waals surface area contributed by atoms with Crippen LogP contribution in [0.15, 0.2) is 0 Å². The summed E-state index contributed by atoms with van der Waals surface area (Å²) in [7, 11) is 0. The van der Waals surface area contributed by atoms with Gasteiger partial charge in [-0.3, -0.25) is 0 Å². The fourth-order valence-corrected chi connectivity index (χ4v) is 2.11. The lowest BCUT2D eigenvalue weighted by atomic mass is 10.3. The number of hydrogen-bond acceptors (Lipinski definition) is 5. The SMILES string of the molecule is CSCCCCNc1nnc(C(F)(F)F)s1. The molecule has 0 fully saturated rings. The Kier molecular flexibility index (Phi) is 5.33. The molecule has 8 heteroatoms. The number of nitrogens with zero attached hydrogens (tertiary/aromatic N) is 2. The molecule has 0 saturated heterocycles. The molecule has 92 valence electrons. The first-order valence-electron chi connectivity index (χ1n) is 4.67. The largest absolute Gasteiger partial charge is 0.445 e. The summed E-state index contributed by atoms with van der Waals surface area (Å²) >= 11 is 2.29. The lowest BCUT2D eigenvalue weighted by Crippen LogP contribution is -2.03. The van der Waals surface area contributed by atoms with E-state index in [0.717, 1.165) is 18.6 Å². The van der Waals surface area contributed by atoms with Crippen LogP contribution >= 0.6 is 23.1 Å². The van der Waals surface area contributed by atoms with Crippen molar-refractivity contribution in [1.82, 2.24) is 10.2 Å². The molecule has 0 aliphatic carbocycles. The highest BCUT2D eigenvalue weighted by molar-refractivity contribution is 7.98. The Bertz CT molecular complexity index is 314. The molecule has 1 rings (SSSR count). The molecule has 0 aliphatic heterocycles. The van der Waals surface area contributed by atoms with Gasteiger partial charge in [-0.25, -0.2) is 0 Å². The summed E-state index contributed by atoms with van der Waals surface area (Å²) in [5.74, 6) is 1.06. The predicted molar refractivity (Wildman–Crippen MR) is 61.0 cm³/mol.